The Morgan fingerprint density at radius 1 is 1.50 bits per heavy atom. The quantitative estimate of drug-likeness (QED) is 0.594. The lowest BCUT2D eigenvalue weighted by molar-refractivity contribution is 0.165. The topological polar surface area (TPSA) is 24.5 Å². The highest BCUT2D eigenvalue weighted by atomic mass is 16.5. The van der Waals surface area contributed by atoms with E-state index < -0.39 is 0 Å². The molecule has 14 heavy (non-hydrogen) atoms. The van der Waals surface area contributed by atoms with Crippen molar-refractivity contribution in [2.24, 2.45) is 0 Å². The van der Waals surface area contributed by atoms with Crippen LogP contribution in [0.1, 0.15) is 13.8 Å². The van der Waals surface area contributed by atoms with E-state index >= 15 is 0 Å². The van der Waals surface area contributed by atoms with Crippen LogP contribution in [0.5, 0.6) is 0 Å². The van der Waals surface area contributed by atoms with Crippen LogP contribution in [0.4, 0.5) is 0 Å². The number of rotatable bonds is 8. The van der Waals surface area contributed by atoms with Crippen molar-refractivity contribution < 1.29 is 4.74 Å². The number of nitrogens with zero attached hydrogens (tertiary/aromatic N) is 1. The van der Waals surface area contributed by atoms with Crippen molar-refractivity contribution >= 4 is 0 Å². The van der Waals surface area contributed by atoms with Gasteiger partial charge in [-0.3, -0.25) is 0 Å². The first-order valence-electron chi connectivity index (χ1n) is 5.13. The second-order valence-corrected chi connectivity index (χ2v) is 4.02. The van der Waals surface area contributed by atoms with Crippen LogP contribution < -0.4 is 5.32 Å². The lowest BCUT2D eigenvalue weighted by Gasteiger charge is -2.18. The Hall–Kier alpha value is -0.380. The Bertz CT molecular complexity index is 157. The molecule has 0 amide bonds. The fourth-order valence-electron chi connectivity index (χ4n) is 1.11. The number of hydrogen-bond donors (Lipinski definition) is 1. The molecule has 0 fully saturated rings. The van der Waals surface area contributed by atoms with Gasteiger partial charge in [-0.25, -0.2) is 0 Å². The van der Waals surface area contributed by atoms with Gasteiger partial charge in [-0.2, -0.15) is 0 Å². The van der Waals surface area contributed by atoms with Crippen molar-refractivity contribution in [2.75, 3.05) is 40.4 Å². The van der Waals surface area contributed by atoms with Gasteiger partial charge in [0.25, 0.3) is 0 Å². The summed E-state index contributed by atoms with van der Waals surface area (Å²) in [4.78, 5) is 2.22. The smallest absolute Gasteiger partial charge is 0.0589 e. The molecule has 0 aromatic rings. The minimum Gasteiger partial charge on any atom is -0.383 e. The van der Waals surface area contributed by atoms with Gasteiger partial charge in [0.05, 0.1) is 6.61 Å². The zero-order chi connectivity index (χ0) is 11.0. The van der Waals surface area contributed by atoms with E-state index in [1.54, 1.807) is 7.11 Å². The third kappa shape index (κ3) is 8.23. The normalized spacial score (nSPS) is 11.3. The lowest BCUT2D eigenvalue weighted by Crippen LogP contribution is -2.31. The molecule has 0 aliphatic rings. The highest BCUT2D eigenvalue weighted by molar-refractivity contribution is 4.99. The Balaban J connectivity index is 3.50. The van der Waals surface area contributed by atoms with Gasteiger partial charge in [0.1, 0.15) is 0 Å². The first-order valence-corrected chi connectivity index (χ1v) is 5.13. The van der Waals surface area contributed by atoms with Gasteiger partial charge >= 0.3 is 0 Å². The average Bonchev–Trinajstić information content (AvgIpc) is 2.11. The maximum absolute atomic E-state index is 5.01. The Morgan fingerprint density at radius 3 is 2.64 bits per heavy atom. The molecule has 0 aromatic carbocycles. The number of methoxy groups -OCH3 is 1. The molecule has 84 valence electrons. The fourth-order valence-corrected chi connectivity index (χ4v) is 1.11. The molecule has 3 nitrogen and oxygen atoms in total. The molecule has 0 bridgehead atoms. The third-order valence-electron chi connectivity index (χ3n) is 1.93. The molecule has 1 N–H and O–H groups in total. The predicted octanol–water partition coefficient (Wildman–Crippen LogP) is 1.12. The average molecular weight is 200 g/mol. The van der Waals surface area contributed by atoms with Crippen molar-refractivity contribution in [3.05, 3.63) is 12.2 Å². The minimum atomic E-state index is 0.524. The van der Waals surface area contributed by atoms with Crippen molar-refractivity contribution in [3.8, 4) is 0 Å². The lowest BCUT2D eigenvalue weighted by atomic mass is 10.2. The van der Waals surface area contributed by atoms with Gasteiger partial charge in [0.15, 0.2) is 0 Å². The molecule has 0 radical (unpaired) electrons. The summed E-state index contributed by atoms with van der Waals surface area (Å²) in [7, 11) is 3.81. The van der Waals surface area contributed by atoms with Gasteiger partial charge in [0.2, 0.25) is 0 Å². The van der Waals surface area contributed by atoms with Crippen LogP contribution in [-0.2, 0) is 4.74 Å². The van der Waals surface area contributed by atoms with Crippen molar-refractivity contribution in [3.63, 3.8) is 0 Å². The van der Waals surface area contributed by atoms with Gasteiger partial charge in [-0.1, -0.05) is 20.4 Å². The summed E-state index contributed by atoms with van der Waals surface area (Å²) in [5.41, 5.74) is 1.22. The molecule has 0 atom stereocenters. The first-order chi connectivity index (χ1) is 6.56. The van der Waals surface area contributed by atoms with Crippen LogP contribution in [0.15, 0.2) is 12.2 Å². The molecule has 0 saturated heterocycles. The number of ether oxygens (including phenoxy) is 1. The minimum absolute atomic E-state index is 0.524. The molecule has 0 rings (SSSR count). The number of nitrogens with one attached hydrogen (secondary N) is 1. The summed E-state index contributed by atoms with van der Waals surface area (Å²) in [6.45, 7) is 11.9. The third-order valence-corrected chi connectivity index (χ3v) is 1.93. The Labute approximate surface area is 88.1 Å². The molecular weight excluding hydrogens is 176 g/mol. The van der Waals surface area contributed by atoms with Gasteiger partial charge in [0, 0.05) is 32.8 Å². The van der Waals surface area contributed by atoms with E-state index in [1.807, 2.05) is 0 Å². The first kappa shape index (κ1) is 13.6. The van der Waals surface area contributed by atoms with Gasteiger partial charge in [-0.15, -0.1) is 0 Å². The molecule has 0 unspecified atom stereocenters. The van der Waals surface area contributed by atoms with E-state index in [9.17, 15) is 0 Å². The molecule has 0 aliphatic heterocycles. The largest absolute Gasteiger partial charge is 0.383 e. The summed E-state index contributed by atoms with van der Waals surface area (Å²) in [5, 5.41) is 3.35. The maximum Gasteiger partial charge on any atom is 0.0589 e. The van der Waals surface area contributed by atoms with Crippen LogP contribution in [0.3, 0.4) is 0 Å². The summed E-state index contributed by atoms with van der Waals surface area (Å²) < 4.78 is 5.01. The van der Waals surface area contributed by atoms with Crippen molar-refractivity contribution in [1.29, 1.82) is 0 Å². The van der Waals surface area contributed by atoms with E-state index in [0.29, 0.717) is 6.04 Å². The summed E-state index contributed by atoms with van der Waals surface area (Å²) >= 11 is 0. The van der Waals surface area contributed by atoms with Crippen LogP contribution in [0.2, 0.25) is 0 Å². The monoisotopic (exact) mass is 200 g/mol. The second kappa shape index (κ2) is 7.97. The molecule has 0 aromatic heterocycles. The molecule has 0 saturated carbocycles. The molecule has 3 heteroatoms. The van der Waals surface area contributed by atoms with Crippen molar-refractivity contribution in [2.45, 2.75) is 19.9 Å². The van der Waals surface area contributed by atoms with E-state index in [2.05, 4.69) is 37.7 Å². The van der Waals surface area contributed by atoms with Crippen LogP contribution in [0.25, 0.3) is 0 Å². The van der Waals surface area contributed by atoms with E-state index in [-0.39, 0.29) is 0 Å². The van der Waals surface area contributed by atoms with Crippen molar-refractivity contribution in [1.82, 2.24) is 10.2 Å². The highest BCUT2D eigenvalue weighted by Gasteiger charge is 2.01. The number of hydrogen-bond acceptors (Lipinski definition) is 3. The van der Waals surface area contributed by atoms with Crippen LogP contribution >= 0.6 is 0 Å². The Morgan fingerprint density at radius 2 is 2.14 bits per heavy atom. The standard InChI is InChI=1S/C11H24N2O/c1-10(2)12-8-11(3)9-13(4)6-7-14-5/h10,12H,3,6-9H2,1-2,4-5H3. The maximum atomic E-state index is 5.01. The summed E-state index contributed by atoms with van der Waals surface area (Å²) in [5.74, 6) is 0. The molecule has 0 heterocycles. The number of likely N-dealkylation sites (N-methyl/N-ethyl adjacent to an activating group) is 1. The zero-order valence-electron chi connectivity index (χ0n) is 9.97. The second-order valence-electron chi connectivity index (χ2n) is 4.02. The zero-order valence-corrected chi connectivity index (χ0v) is 9.97. The highest BCUT2D eigenvalue weighted by Crippen LogP contribution is 1.93. The Kier molecular flexibility index (Phi) is 7.76. The summed E-state index contributed by atoms with van der Waals surface area (Å²) in [6, 6.07) is 0.524. The SMILES string of the molecule is C=C(CNC(C)C)CN(C)CCOC. The van der Waals surface area contributed by atoms with E-state index in [0.717, 1.165) is 26.2 Å². The van der Waals surface area contributed by atoms with Crippen LogP contribution in [-0.4, -0.2) is 51.3 Å². The van der Waals surface area contributed by atoms with E-state index in [4.69, 9.17) is 4.74 Å². The molecule has 0 aliphatic carbocycles. The predicted molar refractivity (Wildman–Crippen MR) is 61.7 cm³/mol. The van der Waals surface area contributed by atoms with E-state index in [1.165, 1.54) is 5.57 Å². The van der Waals surface area contributed by atoms with Crippen LogP contribution in [0, 0.1) is 0 Å². The van der Waals surface area contributed by atoms with Gasteiger partial charge < -0.3 is 15.0 Å². The summed E-state index contributed by atoms with van der Waals surface area (Å²) in [6.07, 6.45) is 0. The molecular formula is C11H24N2O. The molecule has 0 spiro atoms. The van der Waals surface area contributed by atoms with Gasteiger partial charge in [-0.05, 0) is 12.6 Å². The fraction of sp³-hybridized carbons (Fsp3) is 0.818.